The van der Waals surface area contributed by atoms with Crippen LogP contribution in [0.4, 0.5) is 0 Å². The predicted octanol–water partition coefficient (Wildman–Crippen LogP) is 13.7. The third-order valence-electron chi connectivity index (χ3n) is 11.7. The van der Waals surface area contributed by atoms with Gasteiger partial charge in [-0.05, 0) is 89.0 Å². The lowest BCUT2D eigenvalue weighted by Crippen LogP contribution is -2.15. The molecule has 0 spiro atoms. The van der Waals surface area contributed by atoms with Gasteiger partial charge in [0.2, 0.25) is 0 Å². The van der Waals surface area contributed by atoms with Gasteiger partial charge in [0.05, 0.1) is 0 Å². The Bertz CT molecular complexity index is 3100. The maximum Gasteiger partial charge on any atom is 0.162 e. The molecule has 0 aliphatic heterocycles. The average molecular weight is 730 g/mol. The quantitative estimate of drug-likeness (QED) is 0.0794. The molecular weight excluding hydrogens is 691 g/mol. The van der Waals surface area contributed by atoms with Crippen molar-refractivity contribution in [3.05, 3.63) is 216 Å². The molecule has 0 radical (unpaired) electrons. The molecule has 1 aliphatic rings. The number of amidine groups is 2. The SMILES string of the molecule is CC1(C)c2ccccc2-c2ccc(-c3ccccc3C(N=Cc3c4ccccc4cc4c3ccc3ccccc34)=NC(=N)c3ccc(-c4ccccc4)cc3)cc21. The zero-order valence-electron chi connectivity index (χ0n) is 31.9. The van der Waals surface area contributed by atoms with Gasteiger partial charge in [-0.2, -0.15) is 0 Å². The molecule has 0 fully saturated rings. The summed E-state index contributed by atoms with van der Waals surface area (Å²) < 4.78 is 0. The molecule has 0 heterocycles. The average Bonchev–Trinajstić information content (AvgIpc) is 3.50. The molecule has 0 bridgehead atoms. The Morgan fingerprint density at radius 1 is 0.474 bits per heavy atom. The molecule has 1 aliphatic carbocycles. The second-order valence-corrected chi connectivity index (χ2v) is 15.4. The number of benzene rings is 9. The van der Waals surface area contributed by atoms with Gasteiger partial charge in [0.25, 0.3) is 0 Å². The third kappa shape index (κ3) is 5.96. The van der Waals surface area contributed by atoms with Crippen LogP contribution in [0.2, 0.25) is 0 Å². The lowest BCUT2D eigenvalue weighted by molar-refractivity contribution is 0.660. The summed E-state index contributed by atoms with van der Waals surface area (Å²) >= 11 is 0. The van der Waals surface area contributed by atoms with Crippen LogP contribution >= 0.6 is 0 Å². The molecule has 1 N–H and O–H groups in total. The summed E-state index contributed by atoms with van der Waals surface area (Å²) in [5.41, 5.74) is 12.0. The number of nitrogens with zero attached hydrogens (tertiary/aromatic N) is 2. The zero-order chi connectivity index (χ0) is 38.5. The number of aliphatic imine (C=N–C) groups is 2. The fourth-order valence-electron chi connectivity index (χ4n) is 8.70. The summed E-state index contributed by atoms with van der Waals surface area (Å²) in [6.45, 7) is 4.62. The van der Waals surface area contributed by atoms with E-state index in [1.807, 2.05) is 42.6 Å². The highest BCUT2D eigenvalue weighted by atomic mass is 14.9. The molecule has 0 saturated carbocycles. The summed E-state index contributed by atoms with van der Waals surface area (Å²) in [4.78, 5) is 10.3. The molecule has 0 unspecified atom stereocenters. The van der Waals surface area contributed by atoms with Crippen molar-refractivity contribution in [2.24, 2.45) is 9.98 Å². The van der Waals surface area contributed by atoms with Gasteiger partial charge in [-0.15, -0.1) is 0 Å². The smallest absolute Gasteiger partial charge is 0.162 e. The normalized spacial score (nSPS) is 13.3. The van der Waals surface area contributed by atoms with E-state index in [0.29, 0.717) is 5.84 Å². The van der Waals surface area contributed by atoms with Crippen LogP contribution in [0.25, 0.3) is 65.7 Å². The molecule has 0 amide bonds. The molecule has 0 aromatic heterocycles. The van der Waals surface area contributed by atoms with Gasteiger partial charge in [-0.1, -0.05) is 190 Å². The first-order valence-electron chi connectivity index (χ1n) is 19.5. The summed E-state index contributed by atoms with van der Waals surface area (Å²) in [7, 11) is 0. The lowest BCUT2D eigenvalue weighted by atomic mass is 9.81. The van der Waals surface area contributed by atoms with Crippen molar-refractivity contribution in [3.8, 4) is 33.4 Å². The van der Waals surface area contributed by atoms with E-state index in [1.54, 1.807) is 0 Å². The van der Waals surface area contributed by atoms with Crippen molar-refractivity contribution in [2.75, 3.05) is 0 Å². The summed E-state index contributed by atoms with van der Waals surface area (Å²) in [5, 5.41) is 16.3. The van der Waals surface area contributed by atoms with Gasteiger partial charge < -0.3 is 0 Å². The highest BCUT2D eigenvalue weighted by Gasteiger charge is 2.35. The number of rotatable bonds is 5. The van der Waals surface area contributed by atoms with Crippen molar-refractivity contribution in [1.82, 2.24) is 0 Å². The van der Waals surface area contributed by atoms with E-state index in [9.17, 15) is 5.41 Å². The highest BCUT2D eigenvalue weighted by Crippen LogP contribution is 2.49. The molecule has 9 aromatic rings. The number of nitrogens with one attached hydrogen (secondary N) is 1. The van der Waals surface area contributed by atoms with E-state index in [1.165, 1.54) is 38.4 Å². The first-order valence-corrected chi connectivity index (χ1v) is 19.5. The Hall–Kier alpha value is -7.23. The Morgan fingerprint density at radius 2 is 1.11 bits per heavy atom. The molecule has 57 heavy (non-hydrogen) atoms. The monoisotopic (exact) mass is 729 g/mol. The second-order valence-electron chi connectivity index (χ2n) is 15.4. The van der Waals surface area contributed by atoms with Gasteiger partial charge in [0.1, 0.15) is 0 Å². The fourth-order valence-corrected chi connectivity index (χ4v) is 8.70. The van der Waals surface area contributed by atoms with Crippen LogP contribution in [-0.4, -0.2) is 17.9 Å². The van der Waals surface area contributed by atoms with Crippen LogP contribution < -0.4 is 0 Å². The van der Waals surface area contributed by atoms with Gasteiger partial charge in [0, 0.05) is 28.3 Å². The fraction of sp³-hybridized carbons (Fsp3) is 0.0556. The lowest BCUT2D eigenvalue weighted by Gasteiger charge is -2.22. The Labute approximate surface area is 332 Å². The predicted molar refractivity (Wildman–Crippen MR) is 241 cm³/mol. The molecule has 270 valence electrons. The molecule has 0 atom stereocenters. The third-order valence-corrected chi connectivity index (χ3v) is 11.7. The van der Waals surface area contributed by atoms with Crippen LogP contribution in [0, 0.1) is 5.41 Å². The highest BCUT2D eigenvalue weighted by molar-refractivity contribution is 6.23. The minimum atomic E-state index is -0.139. The molecule has 3 heteroatoms. The van der Waals surface area contributed by atoms with Crippen LogP contribution in [0.3, 0.4) is 0 Å². The standard InChI is InChI=1S/C54H39N3/c1-54(2)50-23-13-12-21-45(50)46-31-29-40(33-51(46)54)42-19-10-11-22-47(42)53(57-52(55)38-26-24-36(25-27-38)35-14-4-3-5-15-35)56-34-49-43-20-9-7-17-39(43)32-48-41-18-8-6-16-37(41)28-30-44(48)49/h3-34,55H,1-2H3. The maximum absolute atomic E-state index is 9.36. The largest absolute Gasteiger partial charge is 0.282 e. The Balaban J connectivity index is 1.14. The van der Waals surface area contributed by atoms with Crippen molar-refractivity contribution in [1.29, 1.82) is 5.41 Å². The molecule has 9 aromatic carbocycles. The molecule has 3 nitrogen and oxygen atoms in total. The van der Waals surface area contributed by atoms with E-state index in [2.05, 4.69) is 166 Å². The van der Waals surface area contributed by atoms with Gasteiger partial charge in [0.15, 0.2) is 11.7 Å². The van der Waals surface area contributed by atoms with E-state index in [-0.39, 0.29) is 11.3 Å². The molecule has 0 saturated heterocycles. The van der Waals surface area contributed by atoms with Crippen LogP contribution in [0.5, 0.6) is 0 Å². The van der Waals surface area contributed by atoms with Crippen molar-refractivity contribution < 1.29 is 0 Å². The summed E-state index contributed by atoms with van der Waals surface area (Å²) in [6.07, 6.45) is 1.96. The van der Waals surface area contributed by atoms with E-state index in [4.69, 9.17) is 9.98 Å². The maximum atomic E-state index is 9.36. The van der Waals surface area contributed by atoms with Crippen LogP contribution in [0.15, 0.2) is 198 Å². The van der Waals surface area contributed by atoms with E-state index >= 15 is 0 Å². The van der Waals surface area contributed by atoms with Crippen LogP contribution in [-0.2, 0) is 5.41 Å². The second kappa shape index (κ2) is 13.8. The van der Waals surface area contributed by atoms with Crippen molar-refractivity contribution >= 4 is 50.2 Å². The van der Waals surface area contributed by atoms with Crippen molar-refractivity contribution in [2.45, 2.75) is 19.3 Å². The summed E-state index contributed by atoms with van der Waals surface area (Å²) in [5.74, 6) is 0.628. The first kappa shape index (κ1) is 34.3. The number of hydrogen-bond donors (Lipinski definition) is 1. The molecular formula is C54H39N3. The number of hydrogen-bond acceptors (Lipinski definition) is 1. The van der Waals surface area contributed by atoms with Crippen molar-refractivity contribution in [3.63, 3.8) is 0 Å². The molecule has 10 rings (SSSR count). The Morgan fingerprint density at radius 3 is 1.93 bits per heavy atom. The zero-order valence-corrected chi connectivity index (χ0v) is 31.9. The van der Waals surface area contributed by atoms with Gasteiger partial charge in [-0.25, -0.2) is 9.98 Å². The topological polar surface area (TPSA) is 48.6 Å². The minimum absolute atomic E-state index is 0.139. The van der Waals surface area contributed by atoms with E-state index < -0.39 is 0 Å². The van der Waals surface area contributed by atoms with Gasteiger partial charge in [-0.3, -0.25) is 5.41 Å². The van der Waals surface area contributed by atoms with Crippen LogP contribution in [0.1, 0.15) is 41.7 Å². The van der Waals surface area contributed by atoms with Gasteiger partial charge >= 0.3 is 0 Å². The van der Waals surface area contributed by atoms with E-state index in [0.717, 1.165) is 55.1 Å². The first-order chi connectivity index (χ1) is 27.9. The summed E-state index contributed by atoms with van der Waals surface area (Å²) in [6, 6.07) is 66.0. The Kier molecular flexibility index (Phi) is 8.30. The number of fused-ring (bicyclic) bond motifs is 7. The minimum Gasteiger partial charge on any atom is -0.282 e.